The summed E-state index contributed by atoms with van der Waals surface area (Å²) in [6.45, 7) is 2.15. The molecule has 0 saturated carbocycles. The molecule has 96 valence electrons. The van der Waals surface area contributed by atoms with Crippen molar-refractivity contribution in [1.29, 1.82) is 0 Å². The van der Waals surface area contributed by atoms with E-state index in [-0.39, 0.29) is 0 Å². The lowest BCUT2D eigenvalue weighted by Gasteiger charge is -2.09. The fourth-order valence-corrected chi connectivity index (χ4v) is 4.15. The topological polar surface area (TPSA) is 17.3 Å². The lowest BCUT2D eigenvalue weighted by atomic mass is 10.0. The van der Waals surface area contributed by atoms with Crippen molar-refractivity contribution < 1.29 is 0 Å². The van der Waals surface area contributed by atoms with E-state index in [4.69, 9.17) is 4.98 Å². The first-order chi connectivity index (χ1) is 9.33. The SMILES string of the molecule is Cc1ccccc1-c1cn2c3c(sc2n1)CCCC3. The van der Waals surface area contributed by atoms with Crippen LogP contribution in [-0.2, 0) is 12.8 Å². The predicted octanol–water partition coefficient (Wildman–Crippen LogP) is 4.25. The molecule has 19 heavy (non-hydrogen) atoms. The van der Waals surface area contributed by atoms with Crippen molar-refractivity contribution in [1.82, 2.24) is 9.38 Å². The minimum Gasteiger partial charge on any atom is -0.294 e. The number of thiazole rings is 1. The van der Waals surface area contributed by atoms with E-state index in [1.807, 2.05) is 11.3 Å². The van der Waals surface area contributed by atoms with E-state index in [2.05, 4.69) is 41.8 Å². The highest BCUT2D eigenvalue weighted by molar-refractivity contribution is 7.17. The van der Waals surface area contributed by atoms with Crippen molar-refractivity contribution in [2.75, 3.05) is 0 Å². The van der Waals surface area contributed by atoms with Gasteiger partial charge in [-0.2, -0.15) is 0 Å². The summed E-state index contributed by atoms with van der Waals surface area (Å²) >= 11 is 1.87. The minimum absolute atomic E-state index is 1.11. The number of rotatable bonds is 1. The third-order valence-corrected chi connectivity index (χ3v) is 5.15. The molecule has 0 atom stereocenters. The summed E-state index contributed by atoms with van der Waals surface area (Å²) in [5.41, 5.74) is 5.15. The van der Waals surface area contributed by atoms with Gasteiger partial charge in [0.25, 0.3) is 0 Å². The first kappa shape index (κ1) is 11.2. The maximum absolute atomic E-state index is 4.83. The number of benzene rings is 1. The van der Waals surface area contributed by atoms with Gasteiger partial charge in [0.05, 0.1) is 5.69 Å². The molecular formula is C16H16N2S. The zero-order valence-corrected chi connectivity index (χ0v) is 11.8. The maximum Gasteiger partial charge on any atom is 0.194 e. The van der Waals surface area contributed by atoms with Gasteiger partial charge in [-0.05, 0) is 38.2 Å². The van der Waals surface area contributed by atoms with Crippen LogP contribution in [0.1, 0.15) is 29.0 Å². The highest BCUT2D eigenvalue weighted by Crippen LogP contribution is 2.32. The summed E-state index contributed by atoms with van der Waals surface area (Å²) < 4.78 is 2.32. The van der Waals surface area contributed by atoms with Crippen molar-refractivity contribution in [2.24, 2.45) is 0 Å². The molecular weight excluding hydrogens is 252 g/mol. The molecule has 0 N–H and O–H groups in total. The third kappa shape index (κ3) is 1.72. The second-order valence-electron chi connectivity index (χ2n) is 5.27. The second-order valence-corrected chi connectivity index (χ2v) is 6.33. The second kappa shape index (κ2) is 4.20. The van der Waals surface area contributed by atoms with E-state index in [0.29, 0.717) is 0 Å². The van der Waals surface area contributed by atoms with Gasteiger partial charge in [-0.1, -0.05) is 24.3 Å². The Hall–Kier alpha value is -1.61. The molecule has 0 spiro atoms. The molecule has 0 unspecified atom stereocenters. The van der Waals surface area contributed by atoms with Crippen LogP contribution in [0.4, 0.5) is 0 Å². The summed E-state index contributed by atoms with van der Waals surface area (Å²) in [5.74, 6) is 0. The van der Waals surface area contributed by atoms with E-state index >= 15 is 0 Å². The number of nitrogens with zero attached hydrogens (tertiary/aromatic N) is 2. The Morgan fingerprint density at radius 1 is 1.16 bits per heavy atom. The molecule has 0 amide bonds. The highest BCUT2D eigenvalue weighted by Gasteiger charge is 2.18. The molecule has 0 saturated heterocycles. The number of hydrogen-bond donors (Lipinski definition) is 0. The van der Waals surface area contributed by atoms with Gasteiger partial charge >= 0.3 is 0 Å². The van der Waals surface area contributed by atoms with Crippen molar-refractivity contribution in [3.05, 3.63) is 46.6 Å². The van der Waals surface area contributed by atoms with Crippen molar-refractivity contribution >= 4 is 16.3 Å². The molecule has 0 bridgehead atoms. The molecule has 0 aliphatic heterocycles. The number of aromatic nitrogens is 2. The van der Waals surface area contributed by atoms with E-state index in [1.54, 1.807) is 4.88 Å². The Kier molecular flexibility index (Phi) is 2.49. The largest absolute Gasteiger partial charge is 0.294 e. The van der Waals surface area contributed by atoms with Crippen LogP contribution in [0.3, 0.4) is 0 Å². The molecule has 1 aromatic carbocycles. The van der Waals surface area contributed by atoms with Gasteiger partial charge in [0, 0.05) is 22.3 Å². The summed E-state index contributed by atoms with van der Waals surface area (Å²) in [6, 6.07) is 8.48. The van der Waals surface area contributed by atoms with Crippen LogP contribution in [0.5, 0.6) is 0 Å². The number of hydrogen-bond acceptors (Lipinski definition) is 2. The monoisotopic (exact) mass is 268 g/mol. The molecule has 0 fully saturated rings. The van der Waals surface area contributed by atoms with E-state index in [9.17, 15) is 0 Å². The van der Waals surface area contributed by atoms with Gasteiger partial charge in [-0.25, -0.2) is 4.98 Å². The van der Waals surface area contributed by atoms with Gasteiger partial charge in [0.15, 0.2) is 4.96 Å². The van der Waals surface area contributed by atoms with Crippen LogP contribution in [0.2, 0.25) is 0 Å². The molecule has 3 aromatic rings. The average molecular weight is 268 g/mol. The zero-order chi connectivity index (χ0) is 12.8. The molecule has 1 aliphatic carbocycles. The first-order valence-corrected chi connectivity index (χ1v) is 7.70. The third-order valence-electron chi connectivity index (χ3n) is 3.99. The molecule has 2 aromatic heterocycles. The molecule has 3 heteroatoms. The molecule has 0 radical (unpaired) electrons. The van der Waals surface area contributed by atoms with Gasteiger partial charge in [-0.3, -0.25) is 4.40 Å². The lowest BCUT2D eigenvalue weighted by Crippen LogP contribution is -2.01. The van der Waals surface area contributed by atoms with Crippen LogP contribution in [0.15, 0.2) is 30.5 Å². The summed E-state index contributed by atoms with van der Waals surface area (Å²) in [6.07, 6.45) is 7.32. The van der Waals surface area contributed by atoms with Crippen LogP contribution in [-0.4, -0.2) is 9.38 Å². The Labute approximate surface area is 116 Å². The molecule has 1 aliphatic rings. The van der Waals surface area contributed by atoms with Gasteiger partial charge in [0.2, 0.25) is 0 Å². The van der Waals surface area contributed by atoms with Crippen LogP contribution in [0.25, 0.3) is 16.2 Å². The lowest BCUT2D eigenvalue weighted by molar-refractivity contribution is 0.674. The number of fused-ring (bicyclic) bond motifs is 3. The highest BCUT2D eigenvalue weighted by atomic mass is 32.1. The first-order valence-electron chi connectivity index (χ1n) is 6.88. The van der Waals surface area contributed by atoms with Crippen LogP contribution < -0.4 is 0 Å². The normalized spacial score (nSPS) is 14.8. The Morgan fingerprint density at radius 2 is 2.00 bits per heavy atom. The quantitative estimate of drug-likeness (QED) is 0.645. The summed E-state index contributed by atoms with van der Waals surface area (Å²) in [7, 11) is 0. The van der Waals surface area contributed by atoms with E-state index in [1.165, 1.54) is 42.5 Å². The molecule has 2 nitrogen and oxygen atoms in total. The molecule has 4 rings (SSSR count). The minimum atomic E-state index is 1.11. The summed E-state index contributed by atoms with van der Waals surface area (Å²) in [5, 5.41) is 0. The number of imidazole rings is 1. The van der Waals surface area contributed by atoms with Gasteiger partial charge < -0.3 is 0 Å². The predicted molar refractivity (Wildman–Crippen MR) is 79.9 cm³/mol. The Balaban J connectivity index is 1.89. The average Bonchev–Trinajstić information content (AvgIpc) is 2.96. The molecule has 2 heterocycles. The van der Waals surface area contributed by atoms with E-state index in [0.717, 1.165) is 10.7 Å². The fourth-order valence-electron chi connectivity index (χ4n) is 2.96. The summed E-state index contributed by atoms with van der Waals surface area (Å²) in [4.78, 5) is 7.53. The van der Waals surface area contributed by atoms with Gasteiger partial charge in [-0.15, -0.1) is 11.3 Å². The smallest absolute Gasteiger partial charge is 0.194 e. The fraction of sp³-hybridized carbons (Fsp3) is 0.312. The zero-order valence-electron chi connectivity index (χ0n) is 11.0. The Bertz CT molecular complexity index is 751. The van der Waals surface area contributed by atoms with Crippen LogP contribution >= 0.6 is 11.3 Å². The van der Waals surface area contributed by atoms with Crippen molar-refractivity contribution in [3.8, 4) is 11.3 Å². The standard InChI is InChI=1S/C16H16N2S/c1-11-6-2-3-7-12(11)13-10-18-14-8-4-5-9-15(14)19-16(18)17-13/h2-3,6-7,10H,4-5,8-9H2,1H3. The Morgan fingerprint density at radius 3 is 2.89 bits per heavy atom. The van der Waals surface area contributed by atoms with E-state index < -0.39 is 0 Å². The maximum atomic E-state index is 4.83. The van der Waals surface area contributed by atoms with Crippen LogP contribution in [0, 0.1) is 6.92 Å². The van der Waals surface area contributed by atoms with Crippen molar-refractivity contribution in [3.63, 3.8) is 0 Å². The number of aryl methyl sites for hydroxylation is 3. The van der Waals surface area contributed by atoms with Gasteiger partial charge in [0.1, 0.15) is 0 Å². The van der Waals surface area contributed by atoms with Crippen molar-refractivity contribution in [2.45, 2.75) is 32.6 Å².